The predicted octanol–water partition coefficient (Wildman–Crippen LogP) is 3.13. The van der Waals surface area contributed by atoms with E-state index in [1.807, 2.05) is 6.07 Å². The molecule has 4 heteroatoms. The van der Waals surface area contributed by atoms with E-state index < -0.39 is 11.9 Å². The molecule has 1 rings (SSSR count). The van der Waals surface area contributed by atoms with Crippen LogP contribution in [0.5, 0.6) is 11.5 Å². The Morgan fingerprint density at radius 3 is 2.26 bits per heavy atom. The van der Waals surface area contributed by atoms with Crippen LogP contribution in [0.1, 0.15) is 39.7 Å². The van der Waals surface area contributed by atoms with Gasteiger partial charge in [-0.2, -0.15) is 0 Å². The summed E-state index contributed by atoms with van der Waals surface area (Å²) in [5.74, 6) is 0.331. The van der Waals surface area contributed by atoms with E-state index in [2.05, 4.69) is 13.8 Å². The molecule has 0 aromatic heterocycles. The highest BCUT2D eigenvalue weighted by atomic mass is 16.6. The van der Waals surface area contributed by atoms with Crippen molar-refractivity contribution in [1.82, 2.24) is 0 Å². The van der Waals surface area contributed by atoms with Crippen molar-refractivity contribution in [2.75, 3.05) is 0 Å². The molecule has 0 saturated heterocycles. The molecule has 0 N–H and O–H groups in total. The van der Waals surface area contributed by atoms with Crippen LogP contribution < -0.4 is 9.47 Å². The molecular weight excluding hydrogens is 244 g/mol. The molecular formula is C15H20O4. The van der Waals surface area contributed by atoms with Gasteiger partial charge in [-0.3, -0.25) is 9.59 Å². The van der Waals surface area contributed by atoms with Gasteiger partial charge in [0.1, 0.15) is 0 Å². The number of ether oxygens (including phenoxy) is 2. The average Bonchev–Trinajstić information content (AvgIpc) is 2.28. The highest BCUT2D eigenvalue weighted by Gasteiger charge is 2.15. The molecule has 1 aromatic carbocycles. The van der Waals surface area contributed by atoms with Gasteiger partial charge in [0.25, 0.3) is 0 Å². The minimum atomic E-state index is -0.436. The summed E-state index contributed by atoms with van der Waals surface area (Å²) < 4.78 is 10.3. The Labute approximate surface area is 113 Å². The quantitative estimate of drug-likeness (QED) is 0.605. The van der Waals surface area contributed by atoms with Gasteiger partial charge < -0.3 is 9.47 Å². The molecule has 19 heavy (non-hydrogen) atoms. The number of rotatable bonds is 5. The number of hydrogen-bond acceptors (Lipinski definition) is 4. The van der Waals surface area contributed by atoms with Crippen molar-refractivity contribution >= 4 is 11.9 Å². The van der Waals surface area contributed by atoms with Gasteiger partial charge in [-0.1, -0.05) is 26.0 Å². The summed E-state index contributed by atoms with van der Waals surface area (Å²) in [5, 5.41) is 0. The fraction of sp³-hybridized carbons (Fsp3) is 0.467. The standard InChI is InChI=1S/C15H20O4/c1-10(2)8-9-13-6-5-7-14(18-11(3)16)15(13)19-12(4)17/h5-7,10H,8-9H2,1-4H3. The van der Waals surface area contributed by atoms with E-state index in [-0.39, 0.29) is 0 Å². The van der Waals surface area contributed by atoms with Gasteiger partial charge in [-0.25, -0.2) is 0 Å². The van der Waals surface area contributed by atoms with Crippen molar-refractivity contribution in [3.8, 4) is 11.5 Å². The second kappa shape index (κ2) is 6.92. The number of aryl methyl sites for hydroxylation is 1. The highest BCUT2D eigenvalue weighted by molar-refractivity contribution is 5.74. The molecule has 0 unspecified atom stereocenters. The second-order valence-corrected chi connectivity index (χ2v) is 4.86. The Morgan fingerprint density at radius 2 is 1.74 bits per heavy atom. The van der Waals surface area contributed by atoms with E-state index >= 15 is 0 Å². The normalized spacial score (nSPS) is 10.4. The van der Waals surface area contributed by atoms with Crippen LogP contribution in [0.4, 0.5) is 0 Å². The number of esters is 2. The number of carbonyl (C=O) groups is 2. The third-order valence-electron chi connectivity index (χ3n) is 2.55. The third kappa shape index (κ3) is 5.12. The molecule has 4 nitrogen and oxygen atoms in total. The van der Waals surface area contributed by atoms with Crippen LogP contribution in [0, 0.1) is 5.92 Å². The van der Waals surface area contributed by atoms with Crippen molar-refractivity contribution in [3.63, 3.8) is 0 Å². The van der Waals surface area contributed by atoms with Crippen LogP contribution >= 0.6 is 0 Å². The molecule has 1 aromatic rings. The first-order chi connectivity index (χ1) is 8.90. The molecule has 0 aliphatic rings. The van der Waals surface area contributed by atoms with Gasteiger partial charge >= 0.3 is 11.9 Å². The van der Waals surface area contributed by atoms with Crippen LogP contribution in [-0.2, 0) is 16.0 Å². The summed E-state index contributed by atoms with van der Waals surface area (Å²) in [6.45, 7) is 6.90. The number of carbonyl (C=O) groups excluding carboxylic acids is 2. The van der Waals surface area contributed by atoms with Crippen molar-refractivity contribution in [1.29, 1.82) is 0 Å². The number of benzene rings is 1. The van der Waals surface area contributed by atoms with E-state index in [0.29, 0.717) is 17.4 Å². The first kappa shape index (κ1) is 15.2. The van der Waals surface area contributed by atoms with E-state index in [4.69, 9.17) is 9.47 Å². The molecule has 0 saturated carbocycles. The highest BCUT2D eigenvalue weighted by Crippen LogP contribution is 2.33. The zero-order chi connectivity index (χ0) is 14.4. The Balaban J connectivity index is 3.06. The molecule has 0 aliphatic carbocycles. The Bertz CT molecular complexity index is 463. The maximum Gasteiger partial charge on any atom is 0.308 e. The van der Waals surface area contributed by atoms with E-state index in [9.17, 15) is 9.59 Å². The molecule has 0 atom stereocenters. The van der Waals surface area contributed by atoms with Gasteiger partial charge in [0.05, 0.1) is 0 Å². The van der Waals surface area contributed by atoms with Crippen LogP contribution in [0.2, 0.25) is 0 Å². The molecule has 0 amide bonds. The Morgan fingerprint density at radius 1 is 1.11 bits per heavy atom. The van der Waals surface area contributed by atoms with Crippen LogP contribution in [0.15, 0.2) is 18.2 Å². The molecule has 0 heterocycles. The van der Waals surface area contributed by atoms with Crippen LogP contribution in [0.3, 0.4) is 0 Å². The monoisotopic (exact) mass is 264 g/mol. The largest absolute Gasteiger partial charge is 0.423 e. The lowest BCUT2D eigenvalue weighted by molar-refractivity contribution is -0.134. The van der Waals surface area contributed by atoms with Gasteiger partial charge in [-0.15, -0.1) is 0 Å². The van der Waals surface area contributed by atoms with Crippen LogP contribution in [0.25, 0.3) is 0 Å². The second-order valence-electron chi connectivity index (χ2n) is 4.86. The smallest absolute Gasteiger partial charge is 0.308 e. The lowest BCUT2D eigenvalue weighted by Gasteiger charge is -2.14. The zero-order valence-electron chi connectivity index (χ0n) is 11.9. The summed E-state index contributed by atoms with van der Waals surface area (Å²) >= 11 is 0. The summed E-state index contributed by atoms with van der Waals surface area (Å²) in [4.78, 5) is 22.2. The topological polar surface area (TPSA) is 52.6 Å². The summed E-state index contributed by atoms with van der Waals surface area (Å²) in [7, 11) is 0. The summed E-state index contributed by atoms with van der Waals surface area (Å²) in [6.07, 6.45) is 1.74. The molecule has 0 spiro atoms. The third-order valence-corrected chi connectivity index (χ3v) is 2.55. The van der Waals surface area contributed by atoms with Crippen molar-refractivity contribution < 1.29 is 19.1 Å². The lowest BCUT2D eigenvalue weighted by atomic mass is 10.0. The van der Waals surface area contributed by atoms with Crippen molar-refractivity contribution in [2.24, 2.45) is 5.92 Å². The fourth-order valence-electron chi connectivity index (χ4n) is 1.70. The summed E-state index contributed by atoms with van der Waals surface area (Å²) in [5.41, 5.74) is 0.877. The van der Waals surface area contributed by atoms with Gasteiger partial charge in [0.2, 0.25) is 0 Å². The van der Waals surface area contributed by atoms with Crippen molar-refractivity contribution in [2.45, 2.75) is 40.5 Å². The minimum Gasteiger partial charge on any atom is -0.423 e. The maximum atomic E-state index is 11.2. The first-order valence-electron chi connectivity index (χ1n) is 6.39. The SMILES string of the molecule is CC(=O)Oc1cccc(CCC(C)C)c1OC(C)=O. The molecule has 0 radical (unpaired) electrons. The minimum absolute atomic E-state index is 0.295. The number of para-hydroxylation sites is 1. The van der Waals surface area contributed by atoms with Crippen molar-refractivity contribution in [3.05, 3.63) is 23.8 Å². The average molecular weight is 264 g/mol. The lowest BCUT2D eigenvalue weighted by Crippen LogP contribution is -2.09. The summed E-state index contributed by atoms with van der Waals surface area (Å²) in [6, 6.07) is 5.30. The Hall–Kier alpha value is -1.84. The van der Waals surface area contributed by atoms with Gasteiger partial charge in [-0.05, 0) is 30.4 Å². The first-order valence-corrected chi connectivity index (χ1v) is 6.39. The van der Waals surface area contributed by atoms with E-state index in [1.54, 1.807) is 12.1 Å². The molecule has 0 fully saturated rings. The molecule has 0 bridgehead atoms. The number of hydrogen-bond donors (Lipinski definition) is 0. The van der Waals surface area contributed by atoms with Crippen LogP contribution in [-0.4, -0.2) is 11.9 Å². The van der Waals surface area contributed by atoms with E-state index in [0.717, 1.165) is 18.4 Å². The molecule has 104 valence electrons. The Kier molecular flexibility index (Phi) is 5.55. The maximum absolute atomic E-state index is 11.2. The zero-order valence-corrected chi connectivity index (χ0v) is 11.9. The van der Waals surface area contributed by atoms with E-state index in [1.165, 1.54) is 13.8 Å². The fourth-order valence-corrected chi connectivity index (χ4v) is 1.70. The van der Waals surface area contributed by atoms with Gasteiger partial charge in [0.15, 0.2) is 11.5 Å². The van der Waals surface area contributed by atoms with Gasteiger partial charge in [0, 0.05) is 13.8 Å². The predicted molar refractivity (Wildman–Crippen MR) is 72.2 cm³/mol. The molecule has 0 aliphatic heterocycles.